The summed E-state index contributed by atoms with van der Waals surface area (Å²) in [6.07, 6.45) is 2.04. The Morgan fingerprint density at radius 3 is 1.32 bits per heavy atom. The zero-order valence-electron chi connectivity index (χ0n) is 56.6. The fraction of sp³-hybridized carbons (Fsp3) is 0.294. The van der Waals surface area contributed by atoms with Crippen LogP contribution in [0.5, 0.6) is 0 Å². The summed E-state index contributed by atoms with van der Waals surface area (Å²) in [5, 5.41) is 0. The summed E-state index contributed by atoms with van der Waals surface area (Å²) in [7, 11) is 0. The van der Waals surface area contributed by atoms with E-state index in [1.165, 1.54) is 94.9 Å². The number of nitrogens with zero attached hydrogens (tertiary/aromatic N) is 4. The van der Waals surface area contributed by atoms with Crippen LogP contribution in [0.2, 0.25) is 0 Å². The van der Waals surface area contributed by atoms with Gasteiger partial charge in [0.05, 0.1) is 11.4 Å². The monoisotopic (exact) mass is 1180 g/mol. The maximum atomic E-state index is 2.71. The minimum absolute atomic E-state index is 0.0223. The van der Waals surface area contributed by atoms with Crippen molar-refractivity contribution in [3.63, 3.8) is 0 Å². The molecule has 0 aromatic heterocycles. The molecule has 0 saturated carbocycles. The molecule has 10 aromatic rings. The first-order chi connectivity index (χ1) is 42.5. The van der Waals surface area contributed by atoms with Crippen LogP contribution in [-0.2, 0) is 39.9 Å². The Labute approximate surface area is 539 Å². The molecular formula is C85H91BN4. The quantitative estimate of drug-likeness (QED) is 0.134. The SMILES string of the molecule is CC1(C)Cc2cc3c(cc2C1)N(c1ccc(C(C)(C)C)cc1-c1ccccc1)c1cc(N(c2ccc(C(C)(C)C)cc2)c2ccc(C(C)(C)C)cc2)cc2c1B3c1cc(N(c3ccccc3)c3ccccc3)c(C(C)(C)C)cc1N2c1cccc(C(C)(C)C)c1. The van der Waals surface area contributed by atoms with Crippen LogP contribution in [0.15, 0.2) is 218 Å². The molecule has 2 heterocycles. The zero-order valence-corrected chi connectivity index (χ0v) is 56.6. The van der Waals surface area contributed by atoms with E-state index < -0.39 is 0 Å². The lowest BCUT2D eigenvalue weighted by molar-refractivity contribution is 0.392. The molecule has 0 radical (unpaired) electrons. The van der Waals surface area contributed by atoms with Gasteiger partial charge in [-0.05, 0) is 209 Å². The Morgan fingerprint density at radius 2 is 0.800 bits per heavy atom. The molecule has 0 fully saturated rings. The van der Waals surface area contributed by atoms with Crippen LogP contribution in [0, 0.1) is 5.41 Å². The zero-order chi connectivity index (χ0) is 63.6. The average molecular weight is 1180 g/mol. The van der Waals surface area contributed by atoms with Crippen molar-refractivity contribution in [1.82, 2.24) is 0 Å². The molecule has 0 spiro atoms. The number of benzene rings is 10. The van der Waals surface area contributed by atoms with Gasteiger partial charge in [-0.3, -0.25) is 0 Å². The predicted molar refractivity (Wildman–Crippen MR) is 390 cm³/mol. The highest BCUT2D eigenvalue weighted by molar-refractivity contribution is 7.00. The largest absolute Gasteiger partial charge is 0.311 e. The van der Waals surface area contributed by atoms with E-state index in [0.717, 1.165) is 52.7 Å². The van der Waals surface area contributed by atoms with Gasteiger partial charge in [-0.15, -0.1) is 0 Å². The Kier molecular flexibility index (Phi) is 14.7. The molecule has 10 aromatic carbocycles. The van der Waals surface area contributed by atoms with Crippen LogP contribution in [0.25, 0.3) is 11.1 Å². The molecule has 2 aliphatic heterocycles. The molecule has 0 N–H and O–H groups in total. The van der Waals surface area contributed by atoms with Crippen molar-refractivity contribution >= 4 is 91.3 Å². The van der Waals surface area contributed by atoms with E-state index in [1.54, 1.807) is 0 Å². The van der Waals surface area contributed by atoms with Gasteiger partial charge in [0.25, 0.3) is 6.71 Å². The van der Waals surface area contributed by atoms with Crippen molar-refractivity contribution in [2.24, 2.45) is 5.41 Å². The van der Waals surface area contributed by atoms with Gasteiger partial charge >= 0.3 is 0 Å². The highest BCUT2D eigenvalue weighted by Gasteiger charge is 2.47. The molecule has 454 valence electrons. The van der Waals surface area contributed by atoms with E-state index in [0.29, 0.717) is 0 Å². The molecule has 13 rings (SSSR count). The third-order valence-corrected chi connectivity index (χ3v) is 19.3. The van der Waals surface area contributed by atoms with Crippen LogP contribution in [0.3, 0.4) is 0 Å². The standard InChI is InChI=1S/C85H91BN4/c1-80(2,3)59-36-41-65(42-37-59)87(66-43-38-60(39-44-66)81(4,5)6)68-50-77-79-78(51-68)90(73-45-40-62(83(10,11)12)49-69(73)56-28-21-18-22-29-56)75-47-58-55-85(16,17)54-57(58)46-71(75)86(79)72-53-74(88(63-31-23-19-24-32-63)64-33-25-20-26-34-64)70(84(13,14)15)52-76(72)89(77)67-35-27-30-61(48-67)82(7,8)9/h18-53H,54-55H2,1-17H3. The Bertz CT molecular complexity index is 4240. The van der Waals surface area contributed by atoms with Gasteiger partial charge in [-0.2, -0.15) is 0 Å². The smallest absolute Gasteiger partial charge is 0.252 e. The predicted octanol–water partition coefficient (Wildman–Crippen LogP) is 22.0. The first-order valence-electron chi connectivity index (χ1n) is 32.9. The molecule has 0 unspecified atom stereocenters. The van der Waals surface area contributed by atoms with Gasteiger partial charge in [0.1, 0.15) is 0 Å². The topological polar surface area (TPSA) is 13.0 Å². The lowest BCUT2D eigenvalue weighted by atomic mass is 9.33. The van der Waals surface area contributed by atoms with Crippen LogP contribution in [0.4, 0.5) is 68.2 Å². The highest BCUT2D eigenvalue weighted by atomic mass is 15.2. The molecule has 3 aliphatic rings. The molecule has 0 amide bonds. The first-order valence-corrected chi connectivity index (χ1v) is 32.9. The molecule has 0 atom stereocenters. The molecule has 5 heteroatoms. The normalized spacial score (nSPS) is 14.4. The maximum absolute atomic E-state index is 2.71. The fourth-order valence-electron chi connectivity index (χ4n) is 14.4. The van der Waals surface area contributed by atoms with Crippen molar-refractivity contribution in [3.05, 3.63) is 257 Å². The molecule has 0 saturated heterocycles. The minimum Gasteiger partial charge on any atom is -0.311 e. The van der Waals surface area contributed by atoms with Gasteiger partial charge in [0.15, 0.2) is 0 Å². The summed E-state index contributed by atoms with van der Waals surface area (Å²) in [5.41, 5.74) is 29.1. The fourth-order valence-corrected chi connectivity index (χ4v) is 14.4. The number of para-hydroxylation sites is 2. The van der Waals surface area contributed by atoms with E-state index >= 15 is 0 Å². The van der Waals surface area contributed by atoms with Gasteiger partial charge in [0.2, 0.25) is 0 Å². The summed E-state index contributed by atoms with van der Waals surface area (Å²) in [5.74, 6) is 0. The average Bonchev–Trinajstić information content (AvgIpc) is 0.950. The van der Waals surface area contributed by atoms with E-state index in [9.17, 15) is 0 Å². The Morgan fingerprint density at radius 1 is 0.344 bits per heavy atom. The maximum Gasteiger partial charge on any atom is 0.252 e. The second-order valence-electron chi connectivity index (χ2n) is 32.0. The van der Waals surface area contributed by atoms with Crippen molar-refractivity contribution < 1.29 is 0 Å². The van der Waals surface area contributed by atoms with Crippen molar-refractivity contribution in [2.45, 2.75) is 158 Å². The van der Waals surface area contributed by atoms with E-state index in [4.69, 9.17) is 0 Å². The third kappa shape index (κ3) is 11.0. The van der Waals surface area contributed by atoms with E-state index in [1.807, 2.05) is 0 Å². The molecular weight excluding hydrogens is 1090 g/mol. The Hall–Kier alpha value is -8.54. The van der Waals surface area contributed by atoms with Crippen molar-refractivity contribution in [1.29, 1.82) is 0 Å². The summed E-state index contributed by atoms with van der Waals surface area (Å²) >= 11 is 0. The van der Waals surface area contributed by atoms with Gasteiger partial charge in [-0.1, -0.05) is 233 Å². The number of rotatable bonds is 9. The van der Waals surface area contributed by atoms with Crippen LogP contribution < -0.4 is 36.0 Å². The number of anilines is 12. The van der Waals surface area contributed by atoms with Gasteiger partial charge < -0.3 is 19.6 Å². The summed E-state index contributed by atoms with van der Waals surface area (Å²) in [4.78, 5) is 10.4. The second-order valence-corrected chi connectivity index (χ2v) is 32.0. The number of hydrogen-bond acceptors (Lipinski definition) is 4. The summed E-state index contributed by atoms with van der Waals surface area (Å²) in [6, 6.07) is 84.4. The highest BCUT2D eigenvalue weighted by Crippen LogP contribution is 2.54. The number of fused-ring (bicyclic) bond motifs is 5. The lowest BCUT2D eigenvalue weighted by Crippen LogP contribution is -2.61. The number of hydrogen-bond donors (Lipinski definition) is 0. The molecule has 4 nitrogen and oxygen atoms in total. The molecule has 0 bridgehead atoms. The molecule has 1 aliphatic carbocycles. The minimum atomic E-state index is -0.283. The van der Waals surface area contributed by atoms with Gasteiger partial charge in [0, 0.05) is 62.4 Å². The summed E-state index contributed by atoms with van der Waals surface area (Å²) in [6.45, 7) is 39.9. The van der Waals surface area contributed by atoms with Crippen LogP contribution in [-0.4, -0.2) is 6.71 Å². The van der Waals surface area contributed by atoms with Crippen molar-refractivity contribution in [2.75, 3.05) is 19.6 Å². The Balaban J connectivity index is 1.22. The summed E-state index contributed by atoms with van der Waals surface area (Å²) < 4.78 is 0. The van der Waals surface area contributed by atoms with Crippen LogP contribution >= 0.6 is 0 Å². The third-order valence-electron chi connectivity index (χ3n) is 19.3. The van der Waals surface area contributed by atoms with Gasteiger partial charge in [-0.25, -0.2) is 0 Å². The first kappa shape index (κ1) is 60.4. The van der Waals surface area contributed by atoms with Crippen molar-refractivity contribution in [3.8, 4) is 11.1 Å². The van der Waals surface area contributed by atoms with Crippen LogP contribution in [0.1, 0.15) is 157 Å². The molecule has 90 heavy (non-hydrogen) atoms. The van der Waals surface area contributed by atoms with E-state index in [-0.39, 0.29) is 39.2 Å². The van der Waals surface area contributed by atoms with E-state index in [2.05, 4.69) is 356 Å². The lowest BCUT2D eigenvalue weighted by Gasteiger charge is -2.46. The second kappa shape index (κ2) is 21.9.